The third kappa shape index (κ3) is 4.42. The molecule has 1 amide bonds. The molecule has 1 aromatic heterocycles. The SMILES string of the molecule is CCOc1cc2c(cc1NC(=O)CCc1cnn(-c3ccccc3)c1)O[C@@H](C)C2. The van der Waals surface area contributed by atoms with Gasteiger partial charge in [-0.15, -0.1) is 0 Å². The molecule has 6 nitrogen and oxygen atoms in total. The minimum atomic E-state index is -0.0654. The molecular formula is C23H25N3O3. The summed E-state index contributed by atoms with van der Waals surface area (Å²) >= 11 is 0. The van der Waals surface area contributed by atoms with Crippen LogP contribution >= 0.6 is 0 Å². The number of hydrogen-bond donors (Lipinski definition) is 1. The van der Waals surface area contributed by atoms with E-state index >= 15 is 0 Å². The lowest BCUT2D eigenvalue weighted by molar-refractivity contribution is -0.116. The molecule has 29 heavy (non-hydrogen) atoms. The molecule has 6 heteroatoms. The Balaban J connectivity index is 1.40. The fraction of sp³-hybridized carbons (Fsp3) is 0.304. The van der Waals surface area contributed by atoms with Crippen molar-refractivity contribution in [1.29, 1.82) is 0 Å². The molecule has 1 aliphatic rings. The average molecular weight is 391 g/mol. The first kappa shape index (κ1) is 19.1. The van der Waals surface area contributed by atoms with Crippen LogP contribution in [0.1, 0.15) is 31.4 Å². The van der Waals surface area contributed by atoms with Crippen LogP contribution in [0.15, 0.2) is 54.9 Å². The van der Waals surface area contributed by atoms with E-state index in [2.05, 4.69) is 10.4 Å². The van der Waals surface area contributed by atoms with Crippen molar-refractivity contribution in [3.8, 4) is 17.2 Å². The Morgan fingerprint density at radius 2 is 2.14 bits per heavy atom. The molecule has 0 unspecified atom stereocenters. The minimum Gasteiger partial charge on any atom is -0.492 e. The Kier molecular flexibility index (Phi) is 5.51. The second-order valence-corrected chi connectivity index (χ2v) is 7.20. The molecule has 1 aliphatic heterocycles. The number of nitrogens with zero attached hydrogens (tertiary/aromatic N) is 2. The number of amides is 1. The average Bonchev–Trinajstić information content (AvgIpc) is 3.33. The van der Waals surface area contributed by atoms with Crippen LogP contribution in [0, 0.1) is 0 Å². The Bertz CT molecular complexity index is 998. The Morgan fingerprint density at radius 1 is 1.31 bits per heavy atom. The summed E-state index contributed by atoms with van der Waals surface area (Å²) in [6.45, 7) is 4.51. The normalized spacial score (nSPS) is 14.9. The van der Waals surface area contributed by atoms with E-state index in [0.717, 1.165) is 29.0 Å². The van der Waals surface area contributed by atoms with Gasteiger partial charge in [-0.25, -0.2) is 4.68 Å². The summed E-state index contributed by atoms with van der Waals surface area (Å²) in [5.74, 6) is 1.44. The topological polar surface area (TPSA) is 65.4 Å². The number of hydrogen-bond acceptors (Lipinski definition) is 4. The van der Waals surface area contributed by atoms with E-state index in [4.69, 9.17) is 9.47 Å². The standard InChI is InChI=1S/C23H25N3O3/c1-3-28-22-12-18-11-16(2)29-21(18)13-20(22)25-23(27)10-9-17-14-24-26(15-17)19-7-5-4-6-8-19/h4-8,12-16H,3,9-11H2,1-2H3,(H,25,27)/t16-/m0/s1. The highest BCUT2D eigenvalue weighted by Crippen LogP contribution is 2.38. The van der Waals surface area contributed by atoms with Crippen LogP contribution in [0.4, 0.5) is 5.69 Å². The molecule has 3 aromatic rings. The summed E-state index contributed by atoms with van der Waals surface area (Å²) in [6, 6.07) is 13.8. The van der Waals surface area contributed by atoms with Gasteiger partial charge >= 0.3 is 0 Å². The van der Waals surface area contributed by atoms with Gasteiger partial charge in [0.15, 0.2) is 0 Å². The first-order valence-electron chi connectivity index (χ1n) is 9.97. The zero-order valence-corrected chi connectivity index (χ0v) is 16.7. The van der Waals surface area contributed by atoms with Crippen LogP contribution in [0.5, 0.6) is 11.5 Å². The number of ether oxygens (including phenoxy) is 2. The number of carbonyl (C=O) groups is 1. The maximum absolute atomic E-state index is 12.5. The van der Waals surface area contributed by atoms with Gasteiger partial charge in [-0.2, -0.15) is 5.10 Å². The van der Waals surface area contributed by atoms with E-state index in [1.54, 1.807) is 6.20 Å². The van der Waals surface area contributed by atoms with Gasteiger partial charge in [0.25, 0.3) is 0 Å². The van der Waals surface area contributed by atoms with Crippen molar-refractivity contribution >= 4 is 11.6 Å². The lowest BCUT2D eigenvalue weighted by Gasteiger charge is -2.13. The lowest BCUT2D eigenvalue weighted by atomic mass is 10.1. The molecule has 0 aliphatic carbocycles. The van der Waals surface area contributed by atoms with Gasteiger partial charge in [0.1, 0.15) is 17.6 Å². The van der Waals surface area contributed by atoms with E-state index in [1.165, 1.54) is 0 Å². The highest BCUT2D eigenvalue weighted by molar-refractivity contribution is 5.92. The molecule has 0 bridgehead atoms. The van der Waals surface area contributed by atoms with Gasteiger partial charge in [-0.1, -0.05) is 18.2 Å². The number of rotatable bonds is 7. The van der Waals surface area contributed by atoms with Crippen molar-refractivity contribution < 1.29 is 14.3 Å². The predicted molar refractivity (Wildman–Crippen MR) is 112 cm³/mol. The molecule has 150 valence electrons. The van der Waals surface area contributed by atoms with Crippen molar-refractivity contribution in [2.45, 2.75) is 39.2 Å². The predicted octanol–water partition coefficient (Wildman–Crippen LogP) is 4.17. The van der Waals surface area contributed by atoms with Crippen LogP contribution in [0.25, 0.3) is 5.69 Å². The Hall–Kier alpha value is -3.28. The highest BCUT2D eigenvalue weighted by atomic mass is 16.5. The number of anilines is 1. The van der Waals surface area contributed by atoms with Gasteiger partial charge in [0.2, 0.25) is 5.91 Å². The third-order valence-corrected chi connectivity index (χ3v) is 4.87. The molecule has 4 rings (SSSR count). The Labute approximate surface area is 170 Å². The molecule has 1 atom stereocenters. The van der Waals surface area contributed by atoms with Gasteiger partial charge in [0, 0.05) is 30.7 Å². The summed E-state index contributed by atoms with van der Waals surface area (Å²) in [7, 11) is 0. The van der Waals surface area contributed by atoms with Gasteiger partial charge in [-0.3, -0.25) is 4.79 Å². The quantitative estimate of drug-likeness (QED) is 0.657. The third-order valence-electron chi connectivity index (χ3n) is 4.87. The zero-order chi connectivity index (χ0) is 20.2. The summed E-state index contributed by atoms with van der Waals surface area (Å²) in [5.41, 5.74) is 3.79. The van der Waals surface area contributed by atoms with Crippen LogP contribution < -0.4 is 14.8 Å². The maximum Gasteiger partial charge on any atom is 0.224 e. The summed E-state index contributed by atoms with van der Waals surface area (Å²) in [5, 5.41) is 7.36. The second kappa shape index (κ2) is 8.39. The molecule has 1 N–H and O–H groups in total. The molecule has 0 spiro atoms. The largest absolute Gasteiger partial charge is 0.492 e. The number of aromatic nitrogens is 2. The van der Waals surface area contributed by atoms with Crippen LogP contribution in [0.2, 0.25) is 0 Å². The number of nitrogens with one attached hydrogen (secondary N) is 1. The number of aryl methyl sites for hydroxylation is 1. The fourth-order valence-electron chi connectivity index (χ4n) is 3.49. The number of fused-ring (bicyclic) bond motifs is 1. The van der Waals surface area contributed by atoms with Crippen molar-refractivity contribution in [3.05, 3.63) is 66.0 Å². The van der Waals surface area contributed by atoms with Crippen molar-refractivity contribution in [3.63, 3.8) is 0 Å². The van der Waals surface area contributed by atoms with E-state index in [-0.39, 0.29) is 12.0 Å². The van der Waals surface area contributed by atoms with Gasteiger partial charge in [0.05, 0.1) is 24.2 Å². The van der Waals surface area contributed by atoms with E-state index in [1.807, 2.05) is 67.2 Å². The summed E-state index contributed by atoms with van der Waals surface area (Å²) in [4.78, 5) is 12.5. The van der Waals surface area contributed by atoms with Crippen molar-refractivity contribution in [2.75, 3.05) is 11.9 Å². The van der Waals surface area contributed by atoms with Crippen LogP contribution in [0.3, 0.4) is 0 Å². The number of carbonyl (C=O) groups excluding carboxylic acids is 1. The van der Waals surface area contributed by atoms with Gasteiger partial charge in [-0.05, 0) is 44.0 Å². The number of para-hydroxylation sites is 1. The first-order chi connectivity index (χ1) is 14.1. The maximum atomic E-state index is 12.5. The molecule has 0 saturated heterocycles. The van der Waals surface area contributed by atoms with Crippen molar-refractivity contribution in [2.24, 2.45) is 0 Å². The van der Waals surface area contributed by atoms with E-state index in [9.17, 15) is 4.79 Å². The van der Waals surface area contributed by atoms with E-state index in [0.29, 0.717) is 30.9 Å². The zero-order valence-electron chi connectivity index (χ0n) is 16.7. The second-order valence-electron chi connectivity index (χ2n) is 7.20. The monoisotopic (exact) mass is 391 g/mol. The van der Waals surface area contributed by atoms with Crippen LogP contribution in [-0.2, 0) is 17.6 Å². The van der Waals surface area contributed by atoms with Crippen LogP contribution in [-0.4, -0.2) is 28.4 Å². The minimum absolute atomic E-state index is 0.0654. The molecule has 0 saturated carbocycles. The molecule has 0 radical (unpaired) electrons. The molecule has 0 fully saturated rings. The number of benzene rings is 2. The van der Waals surface area contributed by atoms with Gasteiger partial charge < -0.3 is 14.8 Å². The summed E-state index contributed by atoms with van der Waals surface area (Å²) < 4.78 is 13.4. The smallest absolute Gasteiger partial charge is 0.224 e. The Morgan fingerprint density at radius 3 is 2.93 bits per heavy atom. The lowest BCUT2D eigenvalue weighted by Crippen LogP contribution is -2.13. The van der Waals surface area contributed by atoms with Crippen molar-refractivity contribution in [1.82, 2.24) is 9.78 Å². The fourth-order valence-corrected chi connectivity index (χ4v) is 3.49. The first-order valence-corrected chi connectivity index (χ1v) is 9.97. The highest BCUT2D eigenvalue weighted by Gasteiger charge is 2.22. The van der Waals surface area contributed by atoms with E-state index < -0.39 is 0 Å². The molecule has 2 aromatic carbocycles. The summed E-state index contributed by atoms with van der Waals surface area (Å²) in [6.07, 6.45) is 5.73. The molecular weight excluding hydrogens is 366 g/mol. The molecule has 2 heterocycles.